The molecule has 1 aromatic rings. The number of hydrogen-bond acceptors (Lipinski definition) is 3. The van der Waals surface area contributed by atoms with E-state index >= 15 is 0 Å². The lowest BCUT2D eigenvalue weighted by Crippen LogP contribution is -2.17. The average Bonchev–Trinajstić information content (AvgIpc) is 2.38. The Balaban J connectivity index is 2.64. The Hall–Kier alpha value is -1.85. The number of hydrogen-bond donors (Lipinski definition) is 2. The van der Waals surface area contributed by atoms with E-state index < -0.39 is 16.9 Å². The molecule has 2 N–H and O–H groups in total. The summed E-state index contributed by atoms with van der Waals surface area (Å²) in [6.45, 7) is 0. The van der Waals surface area contributed by atoms with E-state index in [0.717, 1.165) is 6.21 Å². The van der Waals surface area contributed by atoms with Crippen molar-refractivity contribution in [2.75, 3.05) is 0 Å². The third kappa shape index (κ3) is 4.20. The van der Waals surface area contributed by atoms with Gasteiger partial charge in [0, 0.05) is 5.56 Å². The zero-order valence-electron chi connectivity index (χ0n) is 8.93. The van der Waals surface area contributed by atoms with Gasteiger partial charge in [0.1, 0.15) is 5.03 Å². The Morgan fingerprint density at radius 2 is 1.83 bits per heavy atom. The minimum Gasteiger partial charge on any atom is -0.477 e. The van der Waals surface area contributed by atoms with Crippen LogP contribution in [-0.4, -0.2) is 23.2 Å². The molecule has 0 radical (unpaired) electrons. The summed E-state index contributed by atoms with van der Waals surface area (Å²) < 4.78 is 0. The molecule has 0 fully saturated rings. The quantitative estimate of drug-likeness (QED) is 0.506. The molecule has 18 heavy (non-hydrogen) atoms. The van der Waals surface area contributed by atoms with Crippen molar-refractivity contribution in [3.05, 3.63) is 46.0 Å². The molecule has 0 unspecified atom stereocenters. The second-order valence-corrected chi connectivity index (χ2v) is 3.82. The first-order valence-electron chi connectivity index (χ1n) is 4.69. The highest BCUT2D eigenvalue weighted by Gasteiger charge is 2.08. The summed E-state index contributed by atoms with van der Waals surface area (Å²) in [5.41, 5.74) is 2.60. The molecule has 1 rings (SSSR count). The molecule has 0 saturated carbocycles. The third-order valence-electron chi connectivity index (χ3n) is 1.78. The lowest BCUT2D eigenvalue weighted by molar-refractivity contribution is -0.131. The van der Waals surface area contributed by atoms with Crippen LogP contribution in [0.15, 0.2) is 45.5 Å². The van der Waals surface area contributed by atoms with E-state index in [0.29, 0.717) is 5.56 Å². The standard InChI is InChI=1S/C11H8Cl2N2O3/c12-8(9(13)11(17)18)6-14-15-10(16)7-4-2-1-3-5-7/h1-6H,(H,15,16)(H,17,18)/b9-8-,14-6+. The van der Waals surface area contributed by atoms with Crippen LogP contribution in [0.5, 0.6) is 0 Å². The second-order valence-electron chi connectivity index (χ2n) is 3.03. The minimum absolute atomic E-state index is 0.280. The van der Waals surface area contributed by atoms with Crippen molar-refractivity contribution < 1.29 is 14.7 Å². The van der Waals surface area contributed by atoms with Crippen LogP contribution in [0.25, 0.3) is 0 Å². The molecule has 7 heteroatoms. The molecule has 1 amide bonds. The van der Waals surface area contributed by atoms with E-state index in [1.165, 1.54) is 0 Å². The number of aliphatic carboxylic acids is 1. The molecule has 0 aliphatic carbocycles. The maximum atomic E-state index is 11.5. The van der Waals surface area contributed by atoms with Gasteiger partial charge in [-0.25, -0.2) is 10.2 Å². The average molecular weight is 287 g/mol. The molecule has 0 spiro atoms. The predicted octanol–water partition coefficient (Wildman–Crippen LogP) is 2.18. The van der Waals surface area contributed by atoms with Crippen molar-refractivity contribution in [3.63, 3.8) is 0 Å². The Bertz CT molecular complexity index is 512. The van der Waals surface area contributed by atoms with E-state index in [1.54, 1.807) is 30.3 Å². The van der Waals surface area contributed by atoms with E-state index in [1.807, 2.05) is 0 Å². The number of nitrogens with one attached hydrogen (secondary N) is 1. The monoisotopic (exact) mass is 286 g/mol. The number of carboxylic acid groups (broad SMARTS) is 1. The molecule has 94 valence electrons. The summed E-state index contributed by atoms with van der Waals surface area (Å²) in [5, 5.41) is 11.1. The van der Waals surface area contributed by atoms with Crippen LogP contribution in [0, 0.1) is 0 Å². The van der Waals surface area contributed by atoms with E-state index in [2.05, 4.69) is 10.5 Å². The van der Waals surface area contributed by atoms with Gasteiger partial charge in [-0.3, -0.25) is 4.79 Å². The van der Waals surface area contributed by atoms with Gasteiger partial charge in [0.25, 0.3) is 5.91 Å². The van der Waals surface area contributed by atoms with Crippen LogP contribution >= 0.6 is 23.2 Å². The van der Waals surface area contributed by atoms with Gasteiger partial charge in [-0.1, -0.05) is 41.4 Å². The fraction of sp³-hybridized carbons (Fsp3) is 0. The van der Waals surface area contributed by atoms with Crippen LogP contribution < -0.4 is 5.43 Å². The summed E-state index contributed by atoms with van der Waals surface area (Å²) in [6.07, 6.45) is 0.943. The highest BCUT2D eigenvalue weighted by atomic mass is 35.5. The molecular formula is C11H8Cl2N2O3. The molecular weight excluding hydrogens is 279 g/mol. The smallest absolute Gasteiger partial charge is 0.348 e. The number of carbonyl (C=O) groups is 2. The number of allylic oxidation sites excluding steroid dienone is 1. The fourth-order valence-electron chi connectivity index (χ4n) is 0.960. The van der Waals surface area contributed by atoms with Crippen molar-refractivity contribution in [1.29, 1.82) is 0 Å². The number of amides is 1. The van der Waals surface area contributed by atoms with E-state index in [-0.39, 0.29) is 5.03 Å². The molecule has 0 heterocycles. The maximum Gasteiger partial charge on any atom is 0.348 e. The summed E-state index contributed by atoms with van der Waals surface area (Å²) in [6, 6.07) is 8.38. The first kappa shape index (κ1) is 14.2. The first-order valence-corrected chi connectivity index (χ1v) is 5.45. The van der Waals surface area contributed by atoms with Crippen molar-refractivity contribution in [1.82, 2.24) is 5.43 Å². The Labute approximate surface area is 113 Å². The maximum absolute atomic E-state index is 11.5. The fourth-order valence-corrected chi connectivity index (χ4v) is 1.14. The van der Waals surface area contributed by atoms with Gasteiger partial charge < -0.3 is 5.11 Å². The van der Waals surface area contributed by atoms with Crippen LogP contribution in [0.3, 0.4) is 0 Å². The van der Waals surface area contributed by atoms with Crippen molar-refractivity contribution in [3.8, 4) is 0 Å². The Morgan fingerprint density at radius 3 is 2.39 bits per heavy atom. The van der Waals surface area contributed by atoms with Gasteiger partial charge in [-0.15, -0.1) is 0 Å². The highest BCUT2D eigenvalue weighted by molar-refractivity contribution is 6.51. The van der Waals surface area contributed by atoms with Crippen molar-refractivity contribution in [2.24, 2.45) is 5.10 Å². The van der Waals surface area contributed by atoms with Crippen LogP contribution in [0.2, 0.25) is 0 Å². The highest BCUT2D eigenvalue weighted by Crippen LogP contribution is 2.11. The molecule has 5 nitrogen and oxygen atoms in total. The zero-order chi connectivity index (χ0) is 13.5. The third-order valence-corrected chi connectivity index (χ3v) is 2.53. The minimum atomic E-state index is -1.37. The molecule has 0 aromatic heterocycles. The molecule has 1 aromatic carbocycles. The number of halogens is 2. The number of hydrazone groups is 1. The zero-order valence-corrected chi connectivity index (χ0v) is 10.4. The predicted molar refractivity (Wildman–Crippen MR) is 68.8 cm³/mol. The Kier molecular flexibility index (Phi) is 5.35. The number of rotatable bonds is 4. The van der Waals surface area contributed by atoms with E-state index in [9.17, 15) is 9.59 Å². The van der Waals surface area contributed by atoms with Crippen molar-refractivity contribution in [2.45, 2.75) is 0 Å². The van der Waals surface area contributed by atoms with Crippen LogP contribution in [-0.2, 0) is 4.79 Å². The molecule has 0 atom stereocenters. The normalized spacial score (nSPS) is 12.1. The van der Waals surface area contributed by atoms with E-state index in [4.69, 9.17) is 28.3 Å². The number of nitrogens with zero attached hydrogens (tertiary/aromatic N) is 1. The SMILES string of the molecule is O=C(O)/C(Cl)=C(Cl)\C=N\NC(=O)c1ccccc1. The van der Waals surface area contributed by atoms with Crippen LogP contribution in [0.4, 0.5) is 0 Å². The van der Waals surface area contributed by atoms with Crippen LogP contribution in [0.1, 0.15) is 10.4 Å². The van der Waals surface area contributed by atoms with Gasteiger partial charge in [0.05, 0.1) is 11.2 Å². The lowest BCUT2D eigenvalue weighted by atomic mass is 10.2. The van der Waals surface area contributed by atoms with Gasteiger partial charge in [-0.05, 0) is 12.1 Å². The number of benzene rings is 1. The lowest BCUT2D eigenvalue weighted by Gasteiger charge is -1.98. The van der Waals surface area contributed by atoms with Gasteiger partial charge in [0.15, 0.2) is 0 Å². The topological polar surface area (TPSA) is 78.8 Å². The largest absolute Gasteiger partial charge is 0.477 e. The summed E-state index contributed by atoms with van der Waals surface area (Å²) in [7, 11) is 0. The molecule has 0 saturated heterocycles. The number of carbonyl (C=O) groups excluding carboxylic acids is 1. The second kappa shape index (κ2) is 6.78. The molecule has 0 aliphatic heterocycles. The molecule has 0 aliphatic rings. The summed E-state index contributed by atoms with van der Waals surface area (Å²) >= 11 is 10.9. The number of carboxylic acids is 1. The van der Waals surface area contributed by atoms with Gasteiger partial charge in [0.2, 0.25) is 0 Å². The van der Waals surface area contributed by atoms with Gasteiger partial charge >= 0.3 is 5.97 Å². The first-order chi connectivity index (χ1) is 8.52. The molecule has 0 bridgehead atoms. The van der Waals surface area contributed by atoms with Crippen molar-refractivity contribution >= 4 is 41.3 Å². The summed E-state index contributed by atoms with van der Waals surface area (Å²) in [5.74, 6) is -1.81. The summed E-state index contributed by atoms with van der Waals surface area (Å²) in [4.78, 5) is 21.9. The Morgan fingerprint density at radius 1 is 1.22 bits per heavy atom. The van der Waals surface area contributed by atoms with Gasteiger partial charge in [-0.2, -0.15) is 5.10 Å².